The molecule has 0 saturated carbocycles. The molecule has 2 rings (SSSR count). The summed E-state index contributed by atoms with van der Waals surface area (Å²) in [6.45, 7) is 7.28. The molecule has 4 heteroatoms. The summed E-state index contributed by atoms with van der Waals surface area (Å²) < 4.78 is 0. The van der Waals surface area contributed by atoms with E-state index in [-0.39, 0.29) is 17.7 Å². The van der Waals surface area contributed by atoms with E-state index in [0.29, 0.717) is 18.9 Å². The number of hydrogen-bond donors (Lipinski definition) is 0. The molecule has 0 radical (unpaired) electrons. The van der Waals surface area contributed by atoms with Crippen LogP contribution in [0.25, 0.3) is 0 Å². The topological polar surface area (TPSA) is 40.6 Å². The Bertz CT molecular complexity index is 330. The van der Waals surface area contributed by atoms with Crippen LogP contribution in [-0.2, 0) is 9.59 Å². The van der Waals surface area contributed by atoms with Crippen molar-refractivity contribution in [2.24, 2.45) is 11.8 Å². The molecule has 2 unspecified atom stereocenters. The molecule has 0 spiro atoms. The van der Waals surface area contributed by atoms with E-state index >= 15 is 0 Å². The Kier molecular flexibility index (Phi) is 4.25. The molecule has 2 fully saturated rings. The van der Waals surface area contributed by atoms with Crippen LogP contribution in [0.5, 0.6) is 0 Å². The second-order valence-corrected chi connectivity index (χ2v) is 5.71. The zero-order valence-corrected chi connectivity index (χ0v) is 11.5. The number of hydrogen-bond acceptors (Lipinski definition) is 2. The fourth-order valence-corrected chi connectivity index (χ4v) is 3.06. The van der Waals surface area contributed by atoms with Gasteiger partial charge >= 0.3 is 0 Å². The van der Waals surface area contributed by atoms with Crippen molar-refractivity contribution in [1.82, 2.24) is 9.80 Å². The van der Waals surface area contributed by atoms with Crippen LogP contribution >= 0.6 is 0 Å². The molecule has 0 N–H and O–H groups in total. The quantitative estimate of drug-likeness (QED) is 0.747. The minimum absolute atomic E-state index is 0.0470. The van der Waals surface area contributed by atoms with Crippen LogP contribution in [-0.4, -0.2) is 47.8 Å². The zero-order chi connectivity index (χ0) is 13.1. The highest BCUT2D eigenvalue weighted by molar-refractivity contribution is 5.82. The number of carbonyl (C=O) groups is 2. The van der Waals surface area contributed by atoms with Crippen molar-refractivity contribution < 1.29 is 9.59 Å². The van der Waals surface area contributed by atoms with E-state index in [2.05, 4.69) is 6.92 Å². The molecule has 0 aromatic rings. The molecule has 0 aromatic carbocycles. The van der Waals surface area contributed by atoms with E-state index in [1.165, 1.54) is 6.42 Å². The molecular formula is C14H24N2O2. The first kappa shape index (κ1) is 13.4. The van der Waals surface area contributed by atoms with E-state index in [4.69, 9.17) is 0 Å². The summed E-state index contributed by atoms with van der Waals surface area (Å²) in [5, 5.41) is 0. The summed E-state index contributed by atoms with van der Waals surface area (Å²) in [5.41, 5.74) is 0. The van der Waals surface area contributed by atoms with Gasteiger partial charge in [-0.2, -0.15) is 0 Å². The fraction of sp³-hybridized carbons (Fsp3) is 0.857. The van der Waals surface area contributed by atoms with E-state index in [0.717, 1.165) is 32.5 Å². The van der Waals surface area contributed by atoms with Gasteiger partial charge in [0.1, 0.15) is 0 Å². The average Bonchev–Trinajstić information content (AvgIpc) is 2.86. The minimum atomic E-state index is 0.0470. The molecule has 0 aromatic heterocycles. The van der Waals surface area contributed by atoms with Gasteiger partial charge < -0.3 is 9.80 Å². The van der Waals surface area contributed by atoms with Crippen LogP contribution in [0.4, 0.5) is 0 Å². The lowest BCUT2D eigenvalue weighted by atomic mass is 9.98. The van der Waals surface area contributed by atoms with E-state index in [9.17, 15) is 9.59 Å². The Morgan fingerprint density at radius 2 is 1.89 bits per heavy atom. The summed E-state index contributed by atoms with van der Waals surface area (Å²) in [5.74, 6) is 1.12. The molecule has 18 heavy (non-hydrogen) atoms. The fourth-order valence-electron chi connectivity index (χ4n) is 3.06. The van der Waals surface area contributed by atoms with Gasteiger partial charge in [0.15, 0.2) is 0 Å². The van der Waals surface area contributed by atoms with Gasteiger partial charge in [-0.15, -0.1) is 0 Å². The molecule has 102 valence electrons. The first-order chi connectivity index (χ1) is 8.61. The molecule has 4 nitrogen and oxygen atoms in total. The third-order valence-corrected chi connectivity index (χ3v) is 4.16. The maximum absolute atomic E-state index is 12.4. The van der Waals surface area contributed by atoms with Crippen LogP contribution in [0.1, 0.15) is 39.5 Å². The third-order valence-electron chi connectivity index (χ3n) is 4.16. The Balaban J connectivity index is 1.88. The van der Waals surface area contributed by atoms with Gasteiger partial charge in [-0.25, -0.2) is 0 Å². The van der Waals surface area contributed by atoms with Crippen LogP contribution < -0.4 is 0 Å². The first-order valence-corrected chi connectivity index (χ1v) is 7.18. The van der Waals surface area contributed by atoms with Gasteiger partial charge in [0.2, 0.25) is 11.8 Å². The lowest BCUT2D eigenvalue weighted by molar-refractivity contribution is -0.137. The summed E-state index contributed by atoms with van der Waals surface area (Å²) in [7, 11) is 0. The van der Waals surface area contributed by atoms with E-state index < -0.39 is 0 Å². The van der Waals surface area contributed by atoms with Crippen molar-refractivity contribution in [1.29, 1.82) is 0 Å². The minimum Gasteiger partial charge on any atom is -0.342 e. The van der Waals surface area contributed by atoms with Crippen LogP contribution in [0.2, 0.25) is 0 Å². The predicted molar refractivity (Wildman–Crippen MR) is 70.0 cm³/mol. The van der Waals surface area contributed by atoms with E-state index in [1.54, 1.807) is 0 Å². The van der Waals surface area contributed by atoms with Gasteiger partial charge in [0.05, 0.1) is 5.92 Å². The number of piperidine rings is 1. The Morgan fingerprint density at radius 1 is 1.11 bits per heavy atom. The van der Waals surface area contributed by atoms with Crippen molar-refractivity contribution in [3.63, 3.8) is 0 Å². The molecule has 0 aliphatic carbocycles. The van der Waals surface area contributed by atoms with Crippen LogP contribution in [0.3, 0.4) is 0 Å². The van der Waals surface area contributed by atoms with Crippen molar-refractivity contribution in [3.05, 3.63) is 0 Å². The highest BCUT2D eigenvalue weighted by Crippen LogP contribution is 2.23. The standard InChI is InChI=1S/C14H24N2O2/c1-3-13(17)15-8-6-12(10-15)14(18)16-7-4-5-11(2)9-16/h11-12H,3-10H2,1-2H3. The smallest absolute Gasteiger partial charge is 0.227 e. The Morgan fingerprint density at radius 3 is 2.56 bits per heavy atom. The highest BCUT2D eigenvalue weighted by Gasteiger charge is 2.34. The van der Waals surface area contributed by atoms with Gasteiger partial charge in [-0.3, -0.25) is 9.59 Å². The van der Waals surface area contributed by atoms with Gasteiger partial charge in [-0.05, 0) is 25.2 Å². The average molecular weight is 252 g/mol. The first-order valence-electron chi connectivity index (χ1n) is 7.18. The molecule has 2 heterocycles. The number of amides is 2. The molecule has 2 atom stereocenters. The van der Waals surface area contributed by atoms with Crippen LogP contribution in [0, 0.1) is 11.8 Å². The normalized spacial score (nSPS) is 28.6. The molecular weight excluding hydrogens is 228 g/mol. The third kappa shape index (κ3) is 2.85. The maximum Gasteiger partial charge on any atom is 0.227 e. The molecule has 2 aliphatic heterocycles. The number of nitrogens with zero attached hydrogens (tertiary/aromatic N) is 2. The molecule has 2 aliphatic rings. The Labute approximate surface area is 109 Å². The van der Waals surface area contributed by atoms with Crippen LogP contribution in [0.15, 0.2) is 0 Å². The highest BCUT2D eigenvalue weighted by atomic mass is 16.2. The summed E-state index contributed by atoms with van der Waals surface area (Å²) in [6, 6.07) is 0. The maximum atomic E-state index is 12.4. The van der Waals surface area contributed by atoms with Crippen molar-refractivity contribution >= 4 is 11.8 Å². The largest absolute Gasteiger partial charge is 0.342 e. The van der Waals surface area contributed by atoms with Gasteiger partial charge in [-0.1, -0.05) is 13.8 Å². The van der Waals surface area contributed by atoms with Gasteiger partial charge in [0, 0.05) is 32.6 Å². The van der Waals surface area contributed by atoms with Crippen molar-refractivity contribution in [3.8, 4) is 0 Å². The predicted octanol–water partition coefficient (Wildman–Crippen LogP) is 1.50. The number of likely N-dealkylation sites (tertiary alicyclic amines) is 2. The summed E-state index contributed by atoms with van der Waals surface area (Å²) in [4.78, 5) is 27.9. The second kappa shape index (κ2) is 5.72. The Hall–Kier alpha value is -1.06. The summed E-state index contributed by atoms with van der Waals surface area (Å²) >= 11 is 0. The second-order valence-electron chi connectivity index (χ2n) is 5.71. The lowest BCUT2D eigenvalue weighted by Gasteiger charge is -2.32. The number of rotatable bonds is 2. The van der Waals surface area contributed by atoms with Gasteiger partial charge in [0.25, 0.3) is 0 Å². The monoisotopic (exact) mass is 252 g/mol. The molecule has 2 amide bonds. The van der Waals surface area contributed by atoms with Crippen molar-refractivity contribution in [2.75, 3.05) is 26.2 Å². The molecule has 0 bridgehead atoms. The van der Waals surface area contributed by atoms with Crippen molar-refractivity contribution in [2.45, 2.75) is 39.5 Å². The molecule has 2 saturated heterocycles. The SMILES string of the molecule is CCC(=O)N1CCC(C(=O)N2CCCC(C)C2)C1. The van der Waals surface area contributed by atoms with E-state index in [1.807, 2.05) is 16.7 Å². The zero-order valence-electron chi connectivity index (χ0n) is 11.5. The summed E-state index contributed by atoms with van der Waals surface area (Å²) in [6.07, 6.45) is 3.74. The lowest BCUT2D eigenvalue weighted by Crippen LogP contribution is -2.43. The number of carbonyl (C=O) groups excluding carboxylic acids is 2.